The van der Waals surface area contributed by atoms with Crippen LogP contribution in [-0.2, 0) is 6.54 Å². The molecule has 1 aliphatic rings. The van der Waals surface area contributed by atoms with Crippen LogP contribution in [0.4, 0.5) is 5.82 Å². The number of hydrogen-bond acceptors (Lipinski definition) is 6. The molecule has 0 atom stereocenters. The minimum absolute atomic E-state index is 0.725. The Bertz CT molecular complexity index is 1090. The smallest absolute Gasteiger partial charge is 0.163 e. The van der Waals surface area contributed by atoms with Crippen molar-refractivity contribution in [2.45, 2.75) is 6.54 Å². The number of rotatable bonds is 4. The zero-order valence-corrected chi connectivity index (χ0v) is 16.1. The Morgan fingerprint density at radius 1 is 0.793 bits per heavy atom. The van der Waals surface area contributed by atoms with E-state index in [4.69, 9.17) is 9.97 Å². The molecule has 6 nitrogen and oxygen atoms in total. The van der Waals surface area contributed by atoms with Crippen LogP contribution < -0.4 is 4.90 Å². The zero-order chi connectivity index (χ0) is 19.5. The monoisotopic (exact) mass is 382 g/mol. The minimum Gasteiger partial charge on any atom is -0.353 e. The molecule has 0 N–H and O–H groups in total. The summed E-state index contributed by atoms with van der Waals surface area (Å²) in [5.41, 5.74) is 3.02. The fourth-order valence-electron chi connectivity index (χ4n) is 3.76. The normalized spacial score (nSPS) is 15.0. The molecule has 4 heterocycles. The molecule has 1 aliphatic heterocycles. The first-order chi connectivity index (χ1) is 14.4. The molecule has 0 bridgehead atoms. The Labute approximate surface area is 169 Å². The summed E-state index contributed by atoms with van der Waals surface area (Å²) in [6.07, 6.45) is 5.45. The van der Waals surface area contributed by atoms with Gasteiger partial charge in [-0.2, -0.15) is 0 Å². The molecular formula is C23H22N6. The first-order valence-corrected chi connectivity index (χ1v) is 9.91. The van der Waals surface area contributed by atoms with E-state index in [1.807, 2.05) is 42.7 Å². The summed E-state index contributed by atoms with van der Waals surface area (Å²) in [6, 6.07) is 18.3. The van der Waals surface area contributed by atoms with Crippen molar-refractivity contribution in [2.75, 3.05) is 31.1 Å². The third kappa shape index (κ3) is 3.79. The van der Waals surface area contributed by atoms with Gasteiger partial charge in [0.05, 0.1) is 11.2 Å². The SMILES string of the molecule is c1ccc(CN2CCN(c3nc(-c4cccnc4)nc4ccccc34)CC2)nc1. The molecule has 0 amide bonds. The lowest BCUT2D eigenvalue weighted by Gasteiger charge is -2.35. The quantitative estimate of drug-likeness (QED) is 0.539. The molecule has 4 aromatic rings. The number of nitrogens with zero attached hydrogens (tertiary/aromatic N) is 6. The van der Waals surface area contributed by atoms with Crippen molar-refractivity contribution >= 4 is 16.7 Å². The predicted molar refractivity (Wildman–Crippen MR) is 114 cm³/mol. The number of hydrogen-bond donors (Lipinski definition) is 0. The zero-order valence-electron chi connectivity index (χ0n) is 16.1. The van der Waals surface area contributed by atoms with Gasteiger partial charge < -0.3 is 4.90 Å². The Balaban J connectivity index is 1.41. The molecule has 0 unspecified atom stereocenters. The van der Waals surface area contributed by atoms with Crippen LogP contribution in [0.5, 0.6) is 0 Å². The van der Waals surface area contributed by atoms with E-state index in [0.29, 0.717) is 0 Å². The molecule has 1 fully saturated rings. The highest BCUT2D eigenvalue weighted by atomic mass is 15.3. The summed E-state index contributed by atoms with van der Waals surface area (Å²) in [5, 5.41) is 1.10. The third-order valence-corrected chi connectivity index (χ3v) is 5.29. The molecule has 1 aromatic carbocycles. The van der Waals surface area contributed by atoms with Crippen molar-refractivity contribution in [2.24, 2.45) is 0 Å². The summed E-state index contributed by atoms with van der Waals surface area (Å²) >= 11 is 0. The average molecular weight is 382 g/mol. The van der Waals surface area contributed by atoms with Crippen molar-refractivity contribution in [3.8, 4) is 11.4 Å². The second kappa shape index (κ2) is 7.93. The number of fused-ring (bicyclic) bond motifs is 1. The lowest BCUT2D eigenvalue weighted by atomic mass is 10.2. The molecule has 6 heteroatoms. The summed E-state index contributed by atoms with van der Waals surface area (Å²) in [6.45, 7) is 4.72. The minimum atomic E-state index is 0.725. The van der Waals surface area contributed by atoms with E-state index in [1.165, 1.54) is 0 Å². The van der Waals surface area contributed by atoms with Gasteiger partial charge in [-0.1, -0.05) is 18.2 Å². The van der Waals surface area contributed by atoms with Crippen LogP contribution in [0.3, 0.4) is 0 Å². The van der Waals surface area contributed by atoms with Crippen LogP contribution in [0.15, 0.2) is 73.2 Å². The van der Waals surface area contributed by atoms with Crippen LogP contribution >= 0.6 is 0 Å². The van der Waals surface area contributed by atoms with Crippen LogP contribution in [0, 0.1) is 0 Å². The van der Waals surface area contributed by atoms with Crippen molar-refractivity contribution in [1.82, 2.24) is 24.8 Å². The topological polar surface area (TPSA) is 58.0 Å². The Kier molecular flexibility index (Phi) is 4.84. The number of para-hydroxylation sites is 1. The first-order valence-electron chi connectivity index (χ1n) is 9.91. The lowest BCUT2D eigenvalue weighted by molar-refractivity contribution is 0.247. The maximum Gasteiger partial charge on any atom is 0.163 e. The molecule has 0 radical (unpaired) electrons. The maximum absolute atomic E-state index is 4.95. The van der Waals surface area contributed by atoms with E-state index >= 15 is 0 Å². The molecule has 5 rings (SSSR count). The summed E-state index contributed by atoms with van der Waals surface area (Å²) in [7, 11) is 0. The molecule has 0 saturated carbocycles. The van der Waals surface area contributed by atoms with Gasteiger partial charge >= 0.3 is 0 Å². The van der Waals surface area contributed by atoms with E-state index in [1.54, 1.807) is 6.20 Å². The molecular weight excluding hydrogens is 360 g/mol. The largest absolute Gasteiger partial charge is 0.353 e. The van der Waals surface area contributed by atoms with Crippen LogP contribution in [-0.4, -0.2) is 51.0 Å². The molecule has 144 valence electrons. The molecule has 0 spiro atoms. The Morgan fingerprint density at radius 2 is 1.66 bits per heavy atom. The number of aromatic nitrogens is 4. The van der Waals surface area contributed by atoms with E-state index in [9.17, 15) is 0 Å². The number of benzene rings is 1. The van der Waals surface area contributed by atoms with Crippen molar-refractivity contribution in [3.05, 3.63) is 78.9 Å². The van der Waals surface area contributed by atoms with Crippen molar-refractivity contribution < 1.29 is 0 Å². The summed E-state index contributed by atoms with van der Waals surface area (Å²) in [4.78, 5) is 23.2. The van der Waals surface area contributed by atoms with Gasteiger partial charge in [-0.25, -0.2) is 9.97 Å². The Morgan fingerprint density at radius 3 is 2.45 bits per heavy atom. The predicted octanol–water partition coefficient (Wildman–Crippen LogP) is 3.41. The number of anilines is 1. The third-order valence-electron chi connectivity index (χ3n) is 5.29. The summed E-state index contributed by atoms with van der Waals surface area (Å²) in [5.74, 6) is 1.73. The van der Waals surface area contributed by atoms with E-state index in [2.05, 4.69) is 44.0 Å². The van der Waals surface area contributed by atoms with Gasteiger partial charge in [0.15, 0.2) is 5.82 Å². The van der Waals surface area contributed by atoms with Gasteiger partial charge in [-0.15, -0.1) is 0 Å². The number of pyridine rings is 2. The van der Waals surface area contributed by atoms with Crippen molar-refractivity contribution in [1.29, 1.82) is 0 Å². The molecule has 0 aliphatic carbocycles. The van der Waals surface area contributed by atoms with Gasteiger partial charge in [0.2, 0.25) is 0 Å². The number of piperazine rings is 1. The first kappa shape index (κ1) is 17.7. The maximum atomic E-state index is 4.95. The van der Waals surface area contributed by atoms with Gasteiger partial charge in [0.1, 0.15) is 5.82 Å². The standard InChI is InChI=1S/C23H22N6/c1-2-9-21-20(8-1)23(27-22(26-21)18-6-5-10-24-16-18)29-14-12-28(13-15-29)17-19-7-3-4-11-25-19/h1-11,16H,12-15,17H2. The fourth-order valence-corrected chi connectivity index (χ4v) is 3.76. The summed E-state index contributed by atoms with van der Waals surface area (Å²) < 4.78 is 0. The second-order valence-corrected chi connectivity index (χ2v) is 7.21. The van der Waals surface area contributed by atoms with Crippen LogP contribution in [0.25, 0.3) is 22.3 Å². The molecule has 3 aromatic heterocycles. The highest BCUT2D eigenvalue weighted by molar-refractivity contribution is 5.91. The van der Waals surface area contributed by atoms with Crippen molar-refractivity contribution in [3.63, 3.8) is 0 Å². The van der Waals surface area contributed by atoms with Gasteiger partial charge in [-0.3, -0.25) is 14.9 Å². The molecule has 1 saturated heterocycles. The second-order valence-electron chi connectivity index (χ2n) is 7.21. The van der Waals surface area contributed by atoms with Crippen LogP contribution in [0.1, 0.15) is 5.69 Å². The van der Waals surface area contributed by atoms with Gasteiger partial charge in [-0.05, 0) is 36.4 Å². The van der Waals surface area contributed by atoms with Crippen LogP contribution in [0.2, 0.25) is 0 Å². The Hall–Kier alpha value is -3.38. The average Bonchev–Trinajstić information content (AvgIpc) is 2.80. The fraction of sp³-hybridized carbons (Fsp3) is 0.217. The molecule has 29 heavy (non-hydrogen) atoms. The van der Waals surface area contributed by atoms with Gasteiger partial charge in [0.25, 0.3) is 0 Å². The lowest BCUT2D eigenvalue weighted by Crippen LogP contribution is -2.46. The van der Waals surface area contributed by atoms with E-state index in [-0.39, 0.29) is 0 Å². The van der Waals surface area contributed by atoms with E-state index in [0.717, 1.165) is 66.5 Å². The van der Waals surface area contributed by atoms with Gasteiger partial charge in [0, 0.05) is 62.3 Å². The highest BCUT2D eigenvalue weighted by Crippen LogP contribution is 2.28. The highest BCUT2D eigenvalue weighted by Gasteiger charge is 2.21. The van der Waals surface area contributed by atoms with E-state index < -0.39 is 0 Å².